The molecule has 2 aromatic carbocycles. The summed E-state index contributed by atoms with van der Waals surface area (Å²) in [7, 11) is 1.84. The maximum absolute atomic E-state index is 14.4. The molecule has 1 aliphatic heterocycles. The topological polar surface area (TPSA) is 73.1 Å². The summed E-state index contributed by atoms with van der Waals surface area (Å²) in [5.41, 5.74) is 3.70. The van der Waals surface area contributed by atoms with Crippen LogP contribution in [0.1, 0.15) is 43.1 Å². The van der Waals surface area contributed by atoms with Gasteiger partial charge in [-0.05, 0) is 49.6 Å². The van der Waals surface area contributed by atoms with Gasteiger partial charge in [0.2, 0.25) is 5.91 Å². The molecule has 1 unspecified atom stereocenters. The fourth-order valence-electron chi connectivity index (χ4n) is 4.95. The van der Waals surface area contributed by atoms with Gasteiger partial charge in [-0.2, -0.15) is 5.10 Å². The fraction of sp³-hybridized carbons (Fsp3) is 0.333. The molecule has 1 amide bonds. The van der Waals surface area contributed by atoms with E-state index < -0.39 is 5.82 Å². The van der Waals surface area contributed by atoms with Crippen LogP contribution in [0.25, 0.3) is 22.3 Å². The van der Waals surface area contributed by atoms with Crippen molar-refractivity contribution in [2.45, 2.75) is 39.8 Å². The number of hydrogen-bond donors (Lipinski definition) is 0. The van der Waals surface area contributed by atoms with Crippen LogP contribution in [-0.4, -0.2) is 37.1 Å². The second-order valence-electron chi connectivity index (χ2n) is 9.45. The SMILES string of the molecule is Cc1cc(-c2ncnn2C)c2cccc(OCc3c(Cl)cc(F)cc3[C@H](C)N3CC(C)CC3=O)c2n1. The minimum Gasteiger partial charge on any atom is -0.487 e. The molecule has 1 fully saturated rings. The predicted octanol–water partition coefficient (Wildman–Crippen LogP) is 5.64. The van der Waals surface area contributed by atoms with Gasteiger partial charge in [0.15, 0.2) is 5.82 Å². The lowest BCUT2D eigenvalue weighted by atomic mass is 10.00. The average molecular weight is 508 g/mol. The highest BCUT2D eigenvalue weighted by Crippen LogP contribution is 2.36. The zero-order chi connectivity index (χ0) is 25.6. The molecule has 0 aliphatic carbocycles. The Morgan fingerprint density at radius 3 is 2.78 bits per heavy atom. The zero-order valence-corrected chi connectivity index (χ0v) is 21.4. The maximum Gasteiger partial charge on any atom is 0.223 e. The Hall–Kier alpha value is -3.52. The van der Waals surface area contributed by atoms with Crippen LogP contribution in [0.2, 0.25) is 5.02 Å². The number of aryl methyl sites for hydroxylation is 2. The lowest BCUT2D eigenvalue weighted by molar-refractivity contribution is -0.129. The van der Waals surface area contributed by atoms with E-state index >= 15 is 0 Å². The quantitative estimate of drug-likeness (QED) is 0.337. The average Bonchev–Trinajstić information content (AvgIpc) is 3.41. The molecule has 0 bridgehead atoms. The summed E-state index contributed by atoms with van der Waals surface area (Å²) in [6, 6.07) is 10.1. The number of nitrogens with zero attached hydrogens (tertiary/aromatic N) is 5. The first kappa shape index (κ1) is 24.2. The molecule has 7 nitrogen and oxygen atoms in total. The third kappa shape index (κ3) is 4.41. The first-order valence-corrected chi connectivity index (χ1v) is 12.3. The van der Waals surface area contributed by atoms with Crippen molar-refractivity contribution >= 4 is 28.4 Å². The van der Waals surface area contributed by atoms with Gasteiger partial charge < -0.3 is 9.64 Å². The van der Waals surface area contributed by atoms with Gasteiger partial charge in [-0.15, -0.1) is 0 Å². The van der Waals surface area contributed by atoms with Gasteiger partial charge in [-0.1, -0.05) is 30.7 Å². The van der Waals surface area contributed by atoms with Gasteiger partial charge in [0.05, 0.1) is 11.1 Å². The van der Waals surface area contributed by atoms with Gasteiger partial charge in [-0.25, -0.2) is 19.0 Å². The van der Waals surface area contributed by atoms with Gasteiger partial charge >= 0.3 is 0 Å². The van der Waals surface area contributed by atoms with Crippen molar-refractivity contribution in [3.63, 3.8) is 0 Å². The van der Waals surface area contributed by atoms with Crippen LogP contribution in [-0.2, 0) is 18.4 Å². The minimum atomic E-state index is -0.443. The minimum absolute atomic E-state index is 0.0623. The van der Waals surface area contributed by atoms with Crippen LogP contribution in [0.15, 0.2) is 42.7 Å². The van der Waals surface area contributed by atoms with Crippen molar-refractivity contribution in [1.29, 1.82) is 0 Å². The molecule has 5 rings (SSSR count). The van der Waals surface area contributed by atoms with E-state index in [9.17, 15) is 9.18 Å². The molecule has 36 heavy (non-hydrogen) atoms. The number of likely N-dealkylation sites (tertiary alicyclic amines) is 1. The molecule has 2 aromatic heterocycles. The largest absolute Gasteiger partial charge is 0.487 e. The Morgan fingerprint density at radius 1 is 1.28 bits per heavy atom. The molecule has 3 heterocycles. The standard InChI is InChI=1S/C27H27ClFN5O2/c1-15-8-25(35)34(12-15)17(3)20-10-18(29)11-23(28)22(20)13-36-24-7-5-6-19-21(9-16(2)32-26(19)24)27-30-14-31-33(27)4/h5-7,9-11,14-15,17H,8,12-13H2,1-4H3/t15?,17-/m0/s1. The van der Waals surface area contributed by atoms with E-state index in [4.69, 9.17) is 21.3 Å². The van der Waals surface area contributed by atoms with Crippen LogP contribution in [0.5, 0.6) is 5.75 Å². The summed E-state index contributed by atoms with van der Waals surface area (Å²) < 4.78 is 22.4. The molecule has 9 heteroatoms. The number of carbonyl (C=O) groups excluding carboxylic acids is 1. The summed E-state index contributed by atoms with van der Waals surface area (Å²) in [5, 5.41) is 5.34. The zero-order valence-electron chi connectivity index (χ0n) is 20.6. The Balaban J connectivity index is 1.52. The highest BCUT2D eigenvalue weighted by Gasteiger charge is 2.32. The highest BCUT2D eigenvalue weighted by molar-refractivity contribution is 6.31. The van der Waals surface area contributed by atoms with E-state index in [1.165, 1.54) is 18.5 Å². The van der Waals surface area contributed by atoms with Crippen molar-refractivity contribution in [1.82, 2.24) is 24.6 Å². The first-order chi connectivity index (χ1) is 17.2. The smallest absolute Gasteiger partial charge is 0.223 e. The van der Waals surface area contributed by atoms with Crippen molar-refractivity contribution in [2.75, 3.05) is 6.54 Å². The Labute approximate surface area is 213 Å². The van der Waals surface area contributed by atoms with E-state index in [1.807, 2.05) is 52.1 Å². The van der Waals surface area contributed by atoms with Crippen molar-refractivity contribution in [3.8, 4) is 17.1 Å². The maximum atomic E-state index is 14.4. The number of carbonyl (C=O) groups is 1. The van der Waals surface area contributed by atoms with Crippen LogP contribution in [0, 0.1) is 18.7 Å². The Morgan fingerprint density at radius 2 is 2.08 bits per heavy atom. The number of para-hydroxylation sites is 1. The van der Waals surface area contributed by atoms with Gasteiger partial charge in [0.1, 0.15) is 30.0 Å². The number of ether oxygens (including phenoxy) is 1. The molecule has 0 N–H and O–H groups in total. The molecule has 0 saturated carbocycles. The lowest BCUT2D eigenvalue weighted by Crippen LogP contribution is -2.29. The summed E-state index contributed by atoms with van der Waals surface area (Å²) in [6.07, 6.45) is 2.01. The number of halogens is 2. The highest BCUT2D eigenvalue weighted by atomic mass is 35.5. The molecule has 0 spiro atoms. The summed E-state index contributed by atoms with van der Waals surface area (Å²) in [6.45, 7) is 6.59. The van der Waals surface area contributed by atoms with Gasteiger partial charge in [-0.3, -0.25) is 4.79 Å². The fourth-order valence-corrected chi connectivity index (χ4v) is 5.22. The lowest BCUT2D eigenvalue weighted by Gasteiger charge is -2.27. The second kappa shape index (κ2) is 9.50. The van der Waals surface area contributed by atoms with Gasteiger partial charge in [0.25, 0.3) is 0 Å². The summed E-state index contributed by atoms with van der Waals surface area (Å²) in [5.74, 6) is 1.18. The number of benzene rings is 2. The number of aromatic nitrogens is 4. The van der Waals surface area contributed by atoms with Crippen LogP contribution in [0.4, 0.5) is 4.39 Å². The summed E-state index contributed by atoms with van der Waals surface area (Å²) >= 11 is 6.51. The van der Waals surface area contributed by atoms with Gasteiger partial charge in [0, 0.05) is 42.2 Å². The number of rotatable bonds is 6. The van der Waals surface area contributed by atoms with Crippen LogP contribution >= 0.6 is 11.6 Å². The second-order valence-corrected chi connectivity index (χ2v) is 9.85. The molecule has 2 atom stereocenters. The molecule has 4 aromatic rings. The molecule has 186 valence electrons. The Kier molecular flexibility index (Phi) is 6.38. The van der Waals surface area contributed by atoms with Crippen LogP contribution in [0.3, 0.4) is 0 Å². The van der Waals surface area contributed by atoms with E-state index in [0.29, 0.717) is 35.4 Å². The number of fused-ring (bicyclic) bond motifs is 1. The van der Waals surface area contributed by atoms with Crippen molar-refractivity contribution < 1.29 is 13.9 Å². The number of amides is 1. The monoisotopic (exact) mass is 507 g/mol. The first-order valence-electron chi connectivity index (χ1n) is 11.9. The third-order valence-corrected chi connectivity index (χ3v) is 7.06. The molecular weight excluding hydrogens is 481 g/mol. The normalized spacial score (nSPS) is 16.7. The molecule has 0 radical (unpaired) electrons. The third-order valence-electron chi connectivity index (χ3n) is 6.72. The molecule has 1 saturated heterocycles. The van der Waals surface area contributed by atoms with E-state index in [0.717, 1.165) is 22.5 Å². The van der Waals surface area contributed by atoms with Crippen molar-refractivity contribution in [2.24, 2.45) is 13.0 Å². The summed E-state index contributed by atoms with van der Waals surface area (Å²) in [4.78, 5) is 23.5. The van der Waals surface area contributed by atoms with E-state index in [-0.39, 0.29) is 29.5 Å². The van der Waals surface area contributed by atoms with Crippen LogP contribution < -0.4 is 4.74 Å². The predicted molar refractivity (Wildman–Crippen MR) is 136 cm³/mol. The number of hydrogen-bond acceptors (Lipinski definition) is 5. The van der Waals surface area contributed by atoms with Crippen molar-refractivity contribution in [3.05, 3.63) is 70.4 Å². The Bertz CT molecular complexity index is 1470. The molecular formula is C27H27ClFN5O2. The van der Waals surface area contributed by atoms with E-state index in [1.54, 1.807) is 9.58 Å². The molecule has 1 aliphatic rings. The number of pyridine rings is 1. The van der Waals surface area contributed by atoms with E-state index in [2.05, 4.69) is 10.1 Å².